The van der Waals surface area contributed by atoms with Gasteiger partial charge in [0.05, 0.1) is 5.92 Å². The van der Waals surface area contributed by atoms with Gasteiger partial charge >= 0.3 is 0 Å². The fourth-order valence-electron chi connectivity index (χ4n) is 6.47. The minimum Gasteiger partial charge on any atom is -0.184 e. The molecule has 4 heterocycles. The predicted molar refractivity (Wildman–Crippen MR) is 157 cm³/mol. The number of nitrogens with zero attached hydrogens (tertiary/aromatic N) is 2. The van der Waals surface area contributed by atoms with E-state index in [1.807, 2.05) is 6.08 Å². The van der Waals surface area contributed by atoms with Crippen molar-refractivity contribution < 1.29 is 9.13 Å². The first-order chi connectivity index (χ1) is 18.6. The first kappa shape index (κ1) is 24.1. The summed E-state index contributed by atoms with van der Waals surface area (Å²) >= 11 is 0. The van der Waals surface area contributed by atoms with E-state index in [9.17, 15) is 0 Å². The molecule has 2 aliphatic heterocycles. The van der Waals surface area contributed by atoms with Crippen LogP contribution < -0.4 is 9.13 Å². The highest BCUT2D eigenvalue weighted by Crippen LogP contribution is 2.44. The zero-order valence-electron chi connectivity index (χ0n) is 22.3. The maximum atomic E-state index is 4.83. The molecule has 0 radical (unpaired) electrons. The molecular formula is C36H34N2+2. The normalized spacial score (nSPS) is 20.4. The van der Waals surface area contributed by atoms with Crippen LogP contribution in [0.2, 0.25) is 0 Å². The molecule has 2 aromatic carbocycles. The van der Waals surface area contributed by atoms with Crippen LogP contribution >= 0.6 is 0 Å². The minimum atomic E-state index is 0.0875. The molecule has 0 fully saturated rings. The summed E-state index contributed by atoms with van der Waals surface area (Å²) < 4.78 is 4.80. The van der Waals surface area contributed by atoms with E-state index in [1.165, 1.54) is 50.4 Å². The van der Waals surface area contributed by atoms with Crippen LogP contribution in [-0.2, 0) is 6.42 Å². The summed E-state index contributed by atoms with van der Waals surface area (Å²) in [7, 11) is 0. The Bertz CT molecular complexity index is 1630. The van der Waals surface area contributed by atoms with Crippen LogP contribution in [0, 0.1) is 12.8 Å². The molecule has 2 unspecified atom stereocenters. The number of rotatable bonds is 2. The molecule has 0 saturated carbocycles. The lowest BCUT2D eigenvalue weighted by Crippen LogP contribution is -2.55. The van der Waals surface area contributed by atoms with Gasteiger partial charge in [0.2, 0.25) is 23.1 Å². The summed E-state index contributed by atoms with van der Waals surface area (Å²) in [5.41, 5.74) is 12.5. The van der Waals surface area contributed by atoms with E-state index in [0.717, 1.165) is 18.5 Å². The number of allylic oxidation sites excluding steroid dienone is 6. The van der Waals surface area contributed by atoms with Gasteiger partial charge in [0.15, 0.2) is 12.4 Å². The highest BCUT2D eigenvalue weighted by molar-refractivity contribution is 5.79. The van der Waals surface area contributed by atoms with Gasteiger partial charge in [-0.1, -0.05) is 61.2 Å². The van der Waals surface area contributed by atoms with Crippen molar-refractivity contribution in [3.8, 4) is 22.4 Å². The molecule has 2 aliphatic rings. The molecular weight excluding hydrogens is 460 g/mol. The lowest BCUT2D eigenvalue weighted by Gasteiger charge is -2.31. The highest BCUT2D eigenvalue weighted by Gasteiger charge is 2.47. The molecule has 2 heteroatoms. The van der Waals surface area contributed by atoms with Crippen LogP contribution in [0.15, 0.2) is 128 Å². The van der Waals surface area contributed by atoms with Gasteiger partial charge in [0.1, 0.15) is 0 Å². The van der Waals surface area contributed by atoms with E-state index in [-0.39, 0.29) is 12.0 Å². The van der Waals surface area contributed by atoms with E-state index in [1.54, 1.807) is 0 Å². The standard InChI is InChI=1S/C36H34N2/c1-5-13-32-29(6-2)33-21-19-27-15-8-10-17-31(27)35-22-20-28(30-16-9-7-14-25(30)3)24-38(35)26(4)36(33)37-23-12-11-18-34(32)37/h5-18,20,22-24,33,36H,1,4,19,21H2,2-3H3/q+2/b29-6+,32-13+. The molecule has 2 nitrogen and oxygen atoms in total. The second kappa shape index (κ2) is 9.87. The summed E-state index contributed by atoms with van der Waals surface area (Å²) in [6.45, 7) is 13.2. The molecule has 2 atom stereocenters. The van der Waals surface area contributed by atoms with Crippen molar-refractivity contribution in [3.63, 3.8) is 0 Å². The van der Waals surface area contributed by atoms with Crippen molar-refractivity contribution in [2.45, 2.75) is 32.7 Å². The molecule has 4 aromatic rings. The summed E-state index contributed by atoms with van der Waals surface area (Å²) in [5.74, 6) is 0.284. The molecule has 6 rings (SSSR count). The summed E-state index contributed by atoms with van der Waals surface area (Å²) in [4.78, 5) is 0. The third-order valence-corrected chi connectivity index (χ3v) is 8.23. The van der Waals surface area contributed by atoms with Crippen LogP contribution in [0.25, 0.3) is 33.7 Å². The topological polar surface area (TPSA) is 7.76 Å². The van der Waals surface area contributed by atoms with E-state index < -0.39 is 0 Å². The van der Waals surface area contributed by atoms with Crippen molar-refractivity contribution in [3.05, 3.63) is 145 Å². The summed E-state index contributed by atoms with van der Waals surface area (Å²) in [6.07, 6.45) is 12.9. The fourth-order valence-corrected chi connectivity index (χ4v) is 6.47. The molecule has 38 heavy (non-hydrogen) atoms. The average molecular weight is 495 g/mol. The second-order valence-electron chi connectivity index (χ2n) is 10.3. The minimum absolute atomic E-state index is 0.0875. The Balaban J connectivity index is 1.64. The van der Waals surface area contributed by atoms with Gasteiger partial charge in [-0.15, -0.1) is 0 Å². The number of pyridine rings is 2. The second-order valence-corrected chi connectivity index (χ2v) is 10.3. The van der Waals surface area contributed by atoms with Crippen LogP contribution in [-0.4, -0.2) is 0 Å². The zero-order chi connectivity index (χ0) is 26.2. The Hall–Kier alpha value is -4.30. The van der Waals surface area contributed by atoms with Crippen molar-refractivity contribution in [2.24, 2.45) is 5.92 Å². The Morgan fingerprint density at radius 3 is 2.42 bits per heavy atom. The Morgan fingerprint density at radius 1 is 0.868 bits per heavy atom. The van der Waals surface area contributed by atoms with Crippen molar-refractivity contribution >= 4 is 11.3 Å². The number of fused-ring (bicyclic) bond motifs is 6. The first-order valence-corrected chi connectivity index (χ1v) is 13.5. The number of hydrogen-bond donors (Lipinski definition) is 0. The molecule has 0 aliphatic carbocycles. The molecule has 0 amide bonds. The van der Waals surface area contributed by atoms with Crippen molar-refractivity contribution in [1.82, 2.24) is 0 Å². The van der Waals surface area contributed by atoms with E-state index in [0.29, 0.717) is 0 Å². The fraction of sp³-hybridized carbons (Fsp3) is 0.167. The highest BCUT2D eigenvalue weighted by atomic mass is 15.1. The Labute approximate surface area is 226 Å². The van der Waals surface area contributed by atoms with Gasteiger partial charge in [-0.25, -0.2) is 0 Å². The van der Waals surface area contributed by atoms with Crippen molar-refractivity contribution in [1.29, 1.82) is 0 Å². The van der Waals surface area contributed by atoms with Crippen LogP contribution in [0.1, 0.15) is 36.2 Å². The van der Waals surface area contributed by atoms with Crippen molar-refractivity contribution in [2.75, 3.05) is 0 Å². The lowest BCUT2D eigenvalue weighted by atomic mass is 9.76. The third-order valence-electron chi connectivity index (χ3n) is 8.23. The summed E-state index contributed by atoms with van der Waals surface area (Å²) in [5, 5.41) is 0. The van der Waals surface area contributed by atoms with Gasteiger partial charge < -0.3 is 0 Å². The van der Waals surface area contributed by atoms with Gasteiger partial charge in [0, 0.05) is 34.9 Å². The summed E-state index contributed by atoms with van der Waals surface area (Å²) in [6, 6.07) is 28.6. The molecule has 2 aromatic heterocycles. The SMILES string of the molecule is C=C/C=C1\C(=C/C)C2CCc3ccccc3-c3ccc(-c4ccccc4C)c[n+]3C(=C)C2[n+]2ccccc21. The smallest absolute Gasteiger partial charge is 0.184 e. The number of hydrogen-bond acceptors (Lipinski definition) is 0. The number of aromatic nitrogens is 2. The molecule has 0 N–H and O–H groups in total. The lowest BCUT2D eigenvalue weighted by molar-refractivity contribution is -0.740. The first-order valence-electron chi connectivity index (χ1n) is 13.5. The maximum Gasteiger partial charge on any atom is 0.249 e. The molecule has 0 saturated heterocycles. The van der Waals surface area contributed by atoms with Crippen LogP contribution in [0.3, 0.4) is 0 Å². The Kier molecular flexibility index (Phi) is 6.25. The molecule has 0 bridgehead atoms. The molecule has 186 valence electrons. The van der Waals surface area contributed by atoms with Gasteiger partial charge in [-0.05, 0) is 79.8 Å². The van der Waals surface area contributed by atoms with E-state index in [4.69, 9.17) is 6.58 Å². The maximum absolute atomic E-state index is 4.83. The van der Waals surface area contributed by atoms with E-state index in [2.05, 4.69) is 133 Å². The Morgan fingerprint density at radius 2 is 1.63 bits per heavy atom. The monoisotopic (exact) mass is 494 g/mol. The number of benzene rings is 2. The largest absolute Gasteiger partial charge is 0.249 e. The average Bonchev–Trinajstić information content (AvgIpc) is 3.00. The zero-order valence-corrected chi connectivity index (χ0v) is 22.3. The molecule has 0 spiro atoms. The third kappa shape index (κ3) is 3.88. The van der Waals surface area contributed by atoms with Crippen LogP contribution in [0.5, 0.6) is 0 Å². The van der Waals surface area contributed by atoms with Crippen LogP contribution in [0.4, 0.5) is 0 Å². The predicted octanol–water partition coefficient (Wildman–Crippen LogP) is 7.71. The number of aryl methyl sites for hydroxylation is 2. The van der Waals surface area contributed by atoms with Gasteiger partial charge in [-0.3, -0.25) is 0 Å². The van der Waals surface area contributed by atoms with Gasteiger partial charge in [0.25, 0.3) is 0 Å². The quantitative estimate of drug-likeness (QED) is 0.252. The van der Waals surface area contributed by atoms with E-state index >= 15 is 0 Å². The van der Waals surface area contributed by atoms with Gasteiger partial charge in [-0.2, -0.15) is 9.13 Å².